The third kappa shape index (κ3) is 5.56. The summed E-state index contributed by atoms with van der Waals surface area (Å²) >= 11 is 0. The minimum atomic E-state index is -1.23. The fourth-order valence-electron chi connectivity index (χ4n) is 4.11. The second-order valence-corrected chi connectivity index (χ2v) is 8.32. The number of fused-ring (bicyclic) bond motifs is 1. The molecule has 1 fully saturated rings. The quantitative estimate of drug-likeness (QED) is 0.379. The van der Waals surface area contributed by atoms with Gasteiger partial charge >= 0.3 is 17.9 Å². The number of imidazole rings is 1. The van der Waals surface area contributed by atoms with Crippen molar-refractivity contribution in [1.82, 2.24) is 19.5 Å². The summed E-state index contributed by atoms with van der Waals surface area (Å²) in [6.07, 6.45) is -2.70. The number of rotatable bonds is 6. The molecular formula is C24H25N5O8. The van der Waals surface area contributed by atoms with Gasteiger partial charge in [-0.1, -0.05) is 18.2 Å². The van der Waals surface area contributed by atoms with Crippen molar-refractivity contribution in [1.29, 1.82) is 0 Å². The molecule has 5 atom stereocenters. The maximum atomic E-state index is 12.7. The van der Waals surface area contributed by atoms with Gasteiger partial charge in [-0.3, -0.25) is 23.7 Å². The minimum Gasteiger partial charge on any atom is -0.456 e. The van der Waals surface area contributed by atoms with Crippen LogP contribution in [0.1, 0.15) is 44.3 Å². The maximum Gasteiger partial charge on any atom is 0.303 e. The van der Waals surface area contributed by atoms with Crippen LogP contribution < -0.4 is 5.32 Å². The molecule has 0 unspecified atom stereocenters. The van der Waals surface area contributed by atoms with Gasteiger partial charge < -0.3 is 24.3 Å². The third-order valence-corrected chi connectivity index (χ3v) is 5.55. The normalized spacial score (nSPS) is 23.2. The molecule has 2 aromatic heterocycles. The lowest BCUT2D eigenvalue weighted by atomic mass is 9.97. The van der Waals surface area contributed by atoms with Crippen LogP contribution in [-0.2, 0) is 33.3 Å². The van der Waals surface area contributed by atoms with Crippen LogP contribution in [0.4, 0.5) is 5.82 Å². The first-order valence-corrected chi connectivity index (χ1v) is 11.4. The highest BCUT2D eigenvalue weighted by Gasteiger charge is 2.51. The van der Waals surface area contributed by atoms with Crippen LogP contribution in [0.25, 0.3) is 11.2 Å². The van der Waals surface area contributed by atoms with Gasteiger partial charge in [-0.15, -0.1) is 0 Å². The molecule has 0 aliphatic carbocycles. The Morgan fingerprint density at radius 2 is 1.49 bits per heavy atom. The Morgan fingerprint density at radius 3 is 2.14 bits per heavy atom. The molecule has 0 spiro atoms. The summed E-state index contributed by atoms with van der Waals surface area (Å²) in [5.41, 5.74) is 0.921. The van der Waals surface area contributed by atoms with Crippen LogP contribution in [0.2, 0.25) is 0 Å². The van der Waals surface area contributed by atoms with E-state index < -0.39 is 54.5 Å². The van der Waals surface area contributed by atoms with Crippen LogP contribution in [0, 0.1) is 0 Å². The number of aromatic nitrogens is 4. The first kappa shape index (κ1) is 25.7. The molecule has 1 aliphatic heterocycles. The summed E-state index contributed by atoms with van der Waals surface area (Å²) in [5, 5.41) is 2.71. The van der Waals surface area contributed by atoms with Crippen LogP contribution in [0.15, 0.2) is 43.0 Å². The summed E-state index contributed by atoms with van der Waals surface area (Å²) < 4.78 is 23.9. The average Bonchev–Trinajstić information content (AvgIpc) is 3.28. The predicted molar refractivity (Wildman–Crippen MR) is 126 cm³/mol. The Bertz CT molecular complexity index is 1330. The first-order valence-electron chi connectivity index (χ1n) is 11.4. The lowest BCUT2D eigenvalue weighted by molar-refractivity contribution is -0.259. The fraction of sp³-hybridized carbons (Fsp3) is 0.375. The zero-order valence-electron chi connectivity index (χ0n) is 20.5. The van der Waals surface area contributed by atoms with E-state index >= 15 is 0 Å². The molecule has 0 saturated carbocycles. The van der Waals surface area contributed by atoms with E-state index in [2.05, 4.69) is 20.3 Å². The van der Waals surface area contributed by atoms with Crippen molar-refractivity contribution in [3.8, 4) is 0 Å². The van der Waals surface area contributed by atoms with E-state index in [-0.39, 0.29) is 17.0 Å². The largest absolute Gasteiger partial charge is 0.456 e. The lowest BCUT2D eigenvalue weighted by Gasteiger charge is -2.43. The number of benzene rings is 1. The van der Waals surface area contributed by atoms with Crippen LogP contribution >= 0.6 is 0 Å². The molecule has 1 N–H and O–H groups in total. The number of nitrogens with one attached hydrogen (secondary N) is 1. The summed E-state index contributed by atoms with van der Waals surface area (Å²) in [5.74, 6) is -2.22. The van der Waals surface area contributed by atoms with Crippen molar-refractivity contribution in [3.05, 3.63) is 48.5 Å². The number of ether oxygens (including phenoxy) is 4. The maximum absolute atomic E-state index is 12.7. The molecule has 1 aromatic carbocycles. The fourth-order valence-corrected chi connectivity index (χ4v) is 4.11. The molecule has 1 amide bonds. The Morgan fingerprint density at radius 1 is 0.865 bits per heavy atom. The number of carbonyl (C=O) groups excluding carboxylic acids is 4. The Labute approximate surface area is 211 Å². The molecule has 37 heavy (non-hydrogen) atoms. The molecule has 0 bridgehead atoms. The molecule has 13 nitrogen and oxygen atoms in total. The van der Waals surface area contributed by atoms with Crippen molar-refractivity contribution in [2.45, 2.75) is 58.3 Å². The Hall–Kier alpha value is -4.39. The van der Waals surface area contributed by atoms with E-state index in [1.54, 1.807) is 37.3 Å². The smallest absolute Gasteiger partial charge is 0.303 e. The highest BCUT2D eigenvalue weighted by atomic mass is 16.7. The van der Waals surface area contributed by atoms with Crippen LogP contribution in [-0.4, -0.2) is 67.7 Å². The highest BCUT2D eigenvalue weighted by Crippen LogP contribution is 2.36. The van der Waals surface area contributed by atoms with Gasteiger partial charge in [0.15, 0.2) is 41.5 Å². The number of esters is 3. The van der Waals surface area contributed by atoms with Crippen LogP contribution in [0.3, 0.4) is 0 Å². The average molecular weight is 511 g/mol. The standard InChI is InChI=1S/C24H25N5O8/c1-12-18(35-13(2)30)19(36-14(3)31)20(37-15(4)32)24(34-12)29-11-27-17-21(25-10-26-22(17)29)28-23(33)16-8-6-5-7-9-16/h5-12,18-20,24H,1-4H3,(H,25,26,28,33)/t12-,18+,19+,20+,24-/m1/s1. The van der Waals surface area contributed by atoms with Gasteiger partial charge in [0.2, 0.25) is 0 Å². The summed E-state index contributed by atoms with van der Waals surface area (Å²) in [6.45, 7) is 5.20. The predicted octanol–water partition coefficient (Wildman–Crippen LogP) is 1.79. The van der Waals surface area contributed by atoms with Gasteiger partial charge in [-0.25, -0.2) is 15.0 Å². The SMILES string of the molecule is CC(=O)O[C@H]1[C@@H](OC(C)=O)[C@@H](C)O[C@@H](n2cnc3c(NC(=O)c4ccccc4)ncnc32)[C@H]1OC(C)=O. The van der Waals surface area contributed by atoms with Crippen molar-refractivity contribution >= 4 is 40.8 Å². The topological polar surface area (TPSA) is 161 Å². The molecule has 194 valence electrons. The number of amides is 1. The lowest BCUT2D eigenvalue weighted by Crippen LogP contribution is -2.58. The minimum absolute atomic E-state index is 0.153. The van der Waals surface area contributed by atoms with Crippen molar-refractivity contribution in [2.24, 2.45) is 0 Å². The monoisotopic (exact) mass is 511 g/mol. The molecule has 13 heteroatoms. The second kappa shape index (κ2) is 10.7. The first-order chi connectivity index (χ1) is 17.7. The van der Waals surface area contributed by atoms with E-state index in [1.807, 2.05) is 0 Å². The van der Waals surface area contributed by atoms with Gasteiger partial charge in [0, 0.05) is 26.3 Å². The summed E-state index contributed by atoms with van der Waals surface area (Å²) in [6, 6.07) is 8.57. The number of carbonyl (C=O) groups is 4. The van der Waals surface area contributed by atoms with Crippen LogP contribution in [0.5, 0.6) is 0 Å². The van der Waals surface area contributed by atoms with Gasteiger partial charge in [0.25, 0.3) is 5.91 Å². The van der Waals surface area contributed by atoms with Crippen molar-refractivity contribution in [2.75, 3.05) is 5.32 Å². The van der Waals surface area contributed by atoms with Crippen molar-refractivity contribution < 1.29 is 38.1 Å². The second-order valence-electron chi connectivity index (χ2n) is 8.32. The van der Waals surface area contributed by atoms with Gasteiger partial charge in [0.05, 0.1) is 12.4 Å². The zero-order valence-corrected chi connectivity index (χ0v) is 20.5. The Balaban J connectivity index is 1.73. The third-order valence-electron chi connectivity index (χ3n) is 5.55. The van der Waals surface area contributed by atoms with E-state index in [1.165, 1.54) is 38.0 Å². The number of nitrogens with zero attached hydrogens (tertiary/aromatic N) is 4. The summed E-state index contributed by atoms with van der Waals surface area (Å²) in [7, 11) is 0. The molecular weight excluding hydrogens is 486 g/mol. The van der Waals surface area contributed by atoms with Crippen molar-refractivity contribution in [3.63, 3.8) is 0 Å². The van der Waals surface area contributed by atoms with Gasteiger partial charge in [0.1, 0.15) is 6.33 Å². The molecule has 1 aliphatic rings. The number of hydrogen-bond donors (Lipinski definition) is 1. The Kier molecular flexibility index (Phi) is 7.43. The molecule has 1 saturated heterocycles. The van der Waals surface area contributed by atoms with Gasteiger partial charge in [-0.2, -0.15) is 0 Å². The number of hydrogen-bond acceptors (Lipinski definition) is 11. The van der Waals surface area contributed by atoms with E-state index in [4.69, 9.17) is 18.9 Å². The zero-order chi connectivity index (χ0) is 26.7. The van der Waals surface area contributed by atoms with E-state index in [9.17, 15) is 19.2 Å². The highest BCUT2D eigenvalue weighted by molar-refractivity contribution is 6.06. The summed E-state index contributed by atoms with van der Waals surface area (Å²) in [4.78, 5) is 61.1. The number of anilines is 1. The molecule has 3 aromatic rings. The molecule has 4 rings (SSSR count). The van der Waals surface area contributed by atoms with Gasteiger partial charge in [-0.05, 0) is 19.1 Å². The van der Waals surface area contributed by atoms with E-state index in [0.29, 0.717) is 5.56 Å². The van der Waals surface area contributed by atoms with E-state index in [0.717, 1.165) is 0 Å². The molecule has 3 heterocycles. The molecule has 0 radical (unpaired) electrons.